The van der Waals surface area contributed by atoms with E-state index < -0.39 is 0 Å². The Morgan fingerprint density at radius 3 is 2.39 bits per heavy atom. The number of anilines is 1. The molecule has 1 N–H and O–H groups in total. The number of hydrogen-bond acceptors (Lipinski definition) is 6. The van der Waals surface area contributed by atoms with Crippen molar-refractivity contribution in [3.63, 3.8) is 0 Å². The van der Waals surface area contributed by atoms with E-state index in [1.54, 1.807) is 11.8 Å². The molecule has 6 rings (SSSR count). The Morgan fingerprint density at radius 2 is 1.74 bits per heavy atom. The van der Waals surface area contributed by atoms with E-state index in [0.29, 0.717) is 12.0 Å². The van der Waals surface area contributed by atoms with Crippen molar-refractivity contribution in [1.29, 1.82) is 0 Å². The summed E-state index contributed by atoms with van der Waals surface area (Å²) in [5.74, 6) is 1.66. The van der Waals surface area contributed by atoms with Crippen molar-refractivity contribution in [3.05, 3.63) is 48.2 Å². The van der Waals surface area contributed by atoms with E-state index in [-0.39, 0.29) is 11.9 Å². The fraction of sp³-hybridized carbons (Fsp3) is 0.500. The van der Waals surface area contributed by atoms with Crippen molar-refractivity contribution in [3.8, 4) is 0 Å². The van der Waals surface area contributed by atoms with Crippen molar-refractivity contribution in [2.24, 2.45) is 5.92 Å². The molecule has 31 heavy (non-hydrogen) atoms. The van der Waals surface area contributed by atoms with Crippen LogP contribution in [-0.2, 0) is 4.74 Å². The van der Waals surface area contributed by atoms with Crippen LogP contribution in [0, 0.1) is 5.92 Å². The molecule has 164 valence electrons. The number of aromatic nitrogens is 1. The Balaban J connectivity index is 1.18. The largest absolute Gasteiger partial charge is 0.378 e. The topological polar surface area (TPSA) is 57.7 Å². The average Bonchev–Trinajstić information content (AvgIpc) is 2.83. The molecule has 0 radical (unpaired) electrons. The number of morpholine rings is 1. The van der Waals surface area contributed by atoms with Crippen LogP contribution < -0.4 is 10.2 Å². The Bertz CT molecular complexity index is 889. The van der Waals surface area contributed by atoms with E-state index in [2.05, 4.69) is 39.2 Å². The van der Waals surface area contributed by atoms with Gasteiger partial charge in [-0.25, -0.2) is 4.98 Å². The lowest BCUT2D eigenvalue weighted by molar-refractivity contribution is 0.0217. The van der Waals surface area contributed by atoms with Crippen LogP contribution in [-0.4, -0.2) is 67.3 Å². The highest BCUT2D eigenvalue weighted by Gasteiger charge is 2.40. The second-order valence-corrected chi connectivity index (χ2v) is 9.84. The van der Waals surface area contributed by atoms with Crippen LogP contribution >= 0.6 is 11.8 Å². The van der Waals surface area contributed by atoms with Gasteiger partial charge in [-0.2, -0.15) is 0 Å². The van der Waals surface area contributed by atoms with Crippen LogP contribution in [0.3, 0.4) is 0 Å². The Morgan fingerprint density at radius 1 is 1.03 bits per heavy atom. The smallest absolute Gasteiger partial charge is 0.251 e. The summed E-state index contributed by atoms with van der Waals surface area (Å²) in [6.07, 6.45) is 4.32. The van der Waals surface area contributed by atoms with E-state index in [1.165, 1.54) is 25.9 Å². The van der Waals surface area contributed by atoms with E-state index in [4.69, 9.17) is 4.74 Å². The molecule has 0 aliphatic carbocycles. The molecule has 4 aliphatic rings. The van der Waals surface area contributed by atoms with E-state index in [0.717, 1.165) is 47.5 Å². The number of hydrogen-bond donors (Lipinski definition) is 1. The number of ether oxygens (including phenoxy) is 1. The number of benzene rings is 1. The first-order chi connectivity index (χ1) is 15.2. The Kier molecular flexibility index (Phi) is 6.16. The lowest BCUT2D eigenvalue weighted by Crippen LogP contribution is -2.62. The maximum Gasteiger partial charge on any atom is 0.251 e. The van der Waals surface area contributed by atoms with Crippen LogP contribution in [0.5, 0.6) is 0 Å². The summed E-state index contributed by atoms with van der Waals surface area (Å²) in [6, 6.07) is 12.8. The summed E-state index contributed by atoms with van der Waals surface area (Å²) in [4.78, 5) is 24.4. The van der Waals surface area contributed by atoms with Gasteiger partial charge in [0.05, 0.1) is 13.2 Å². The third-order valence-corrected chi connectivity index (χ3v) is 7.87. The molecule has 1 aromatic heterocycles. The number of carbonyl (C=O) groups excluding carboxylic acids is 1. The molecule has 4 saturated heterocycles. The lowest BCUT2D eigenvalue weighted by Gasteiger charge is -2.49. The maximum absolute atomic E-state index is 12.8. The minimum absolute atomic E-state index is 0.0404. The van der Waals surface area contributed by atoms with Gasteiger partial charge in [-0.1, -0.05) is 11.8 Å². The normalized spacial score (nSPS) is 27.8. The number of amides is 1. The second-order valence-electron chi connectivity index (χ2n) is 8.69. The summed E-state index contributed by atoms with van der Waals surface area (Å²) in [5, 5.41) is 3.31. The number of carbonyl (C=O) groups is 1. The molecule has 5 heterocycles. The molecule has 4 aliphatic heterocycles. The summed E-state index contributed by atoms with van der Waals surface area (Å²) >= 11 is 1.67. The van der Waals surface area contributed by atoms with Gasteiger partial charge in [-0.15, -0.1) is 0 Å². The minimum atomic E-state index is 0.0404. The van der Waals surface area contributed by atoms with E-state index in [9.17, 15) is 4.79 Å². The van der Waals surface area contributed by atoms with Crippen LogP contribution in [0.15, 0.2) is 52.4 Å². The van der Waals surface area contributed by atoms with Gasteiger partial charge >= 0.3 is 0 Å². The van der Waals surface area contributed by atoms with Gasteiger partial charge in [0, 0.05) is 46.7 Å². The zero-order valence-electron chi connectivity index (χ0n) is 18.0. The summed E-state index contributed by atoms with van der Waals surface area (Å²) in [7, 11) is 0. The molecule has 2 aromatic rings. The van der Waals surface area contributed by atoms with Crippen molar-refractivity contribution in [2.75, 3.05) is 44.3 Å². The number of rotatable bonds is 5. The molecule has 1 amide bonds. The molecule has 4 fully saturated rings. The predicted molar refractivity (Wildman–Crippen MR) is 123 cm³/mol. The maximum atomic E-state index is 12.8. The van der Waals surface area contributed by atoms with Crippen molar-refractivity contribution in [1.82, 2.24) is 15.2 Å². The second kappa shape index (κ2) is 9.18. The van der Waals surface area contributed by atoms with Crippen LogP contribution in [0.4, 0.5) is 5.82 Å². The lowest BCUT2D eigenvalue weighted by atomic mass is 9.79. The molecule has 6 nitrogen and oxygen atoms in total. The molecule has 2 atom stereocenters. The molecule has 0 unspecified atom stereocenters. The van der Waals surface area contributed by atoms with Gasteiger partial charge in [0.2, 0.25) is 0 Å². The van der Waals surface area contributed by atoms with Gasteiger partial charge in [-0.05, 0) is 75.2 Å². The molecule has 7 heteroatoms. The SMILES string of the molecule is C[C@H]1[C@H](NC(=O)c2ccc(Sc3ccc(N4CCOCC4)nc3)cc2)C2CCN1CC2. The number of fused-ring (bicyclic) bond motifs is 3. The van der Waals surface area contributed by atoms with Gasteiger partial charge < -0.3 is 15.0 Å². The first-order valence-corrected chi connectivity index (χ1v) is 12.1. The number of nitrogens with zero attached hydrogens (tertiary/aromatic N) is 3. The quantitative estimate of drug-likeness (QED) is 0.773. The van der Waals surface area contributed by atoms with Crippen molar-refractivity contribution in [2.45, 2.75) is 41.6 Å². The van der Waals surface area contributed by atoms with Crippen LogP contribution in [0.25, 0.3) is 0 Å². The summed E-state index contributed by atoms with van der Waals surface area (Å²) in [5.41, 5.74) is 0.730. The van der Waals surface area contributed by atoms with Gasteiger partial charge in [-0.3, -0.25) is 9.69 Å². The standard InChI is InChI=1S/C24H30N4O2S/c1-17-23(18-8-10-27(17)11-9-18)26-24(29)19-2-4-20(5-3-19)31-21-6-7-22(25-16-21)28-12-14-30-15-13-28/h2-7,16-18,23H,8-15H2,1H3,(H,26,29)/t17-,23-/m0/s1. The highest BCUT2D eigenvalue weighted by molar-refractivity contribution is 7.99. The van der Waals surface area contributed by atoms with E-state index >= 15 is 0 Å². The minimum Gasteiger partial charge on any atom is -0.378 e. The molecular weight excluding hydrogens is 408 g/mol. The highest BCUT2D eigenvalue weighted by atomic mass is 32.2. The molecular formula is C24H30N4O2S. The first-order valence-electron chi connectivity index (χ1n) is 11.3. The number of piperidine rings is 3. The molecule has 0 saturated carbocycles. The third kappa shape index (κ3) is 4.59. The van der Waals surface area contributed by atoms with Gasteiger partial charge in [0.25, 0.3) is 5.91 Å². The van der Waals surface area contributed by atoms with Crippen LogP contribution in [0.2, 0.25) is 0 Å². The van der Waals surface area contributed by atoms with Crippen molar-refractivity contribution >= 4 is 23.5 Å². The van der Waals surface area contributed by atoms with Gasteiger partial charge in [0.15, 0.2) is 0 Å². The first kappa shape index (κ1) is 20.8. The summed E-state index contributed by atoms with van der Waals surface area (Å²) < 4.78 is 5.41. The number of nitrogens with one attached hydrogen (secondary N) is 1. The van der Waals surface area contributed by atoms with E-state index in [1.807, 2.05) is 30.5 Å². The fourth-order valence-electron chi connectivity index (χ4n) is 5.00. The highest BCUT2D eigenvalue weighted by Crippen LogP contribution is 2.32. The molecule has 2 bridgehead atoms. The molecule has 0 spiro atoms. The number of pyridine rings is 1. The third-order valence-electron chi connectivity index (χ3n) is 6.88. The predicted octanol–water partition coefficient (Wildman–Crippen LogP) is 3.28. The Labute approximate surface area is 188 Å². The zero-order chi connectivity index (χ0) is 21.2. The average molecular weight is 439 g/mol. The molecule has 1 aromatic carbocycles. The summed E-state index contributed by atoms with van der Waals surface area (Å²) in [6.45, 7) is 7.89. The van der Waals surface area contributed by atoms with Gasteiger partial charge in [0.1, 0.15) is 5.82 Å². The fourth-order valence-corrected chi connectivity index (χ4v) is 5.79. The van der Waals surface area contributed by atoms with Crippen LogP contribution in [0.1, 0.15) is 30.1 Å². The van der Waals surface area contributed by atoms with Crippen molar-refractivity contribution < 1.29 is 9.53 Å². The Hall–Kier alpha value is -2.09. The zero-order valence-corrected chi connectivity index (χ0v) is 18.8. The monoisotopic (exact) mass is 438 g/mol.